The van der Waals surface area contributed by atoms with Crippen LogP contribution in [-0.2, 0) is 11.3 Å². The molecular formula is C17H27N7O2. The Hall–Kier alpha value is -2.84. The zero-order valence-electron chi connectivity index (χ0n) is 15.6. The molecule has 3 N–H and O–H groups in total. The van der Waals surface area contributed by atoms with E-state index in [4.69, 9.17) is 4.42 Å². The van der Waals surface area contributed by atoms with Gasteiger partial charge in [-0.25, -0.2) is 9.98 Å². The van der Waals surface area contributed by atoms with Gasteiger partial charge in [0, 0.05) is 32.6 Å². The van der Waals surface area contributed by atoms with Crippen molar-refractivity contribution in [2.75, 3.05) is 26.2 Å². The molecule has 142 valence electrons. The minimum absolute atomic E-state index is 0.136. The Morgan fingerprint density at radius 1 is 1.31 bits per heavy atom. The topological polar surface area (TPSA) is 111 Å². The van der Waals surface area contributed by atoms with Crippen molar-refractivity contribution < 1.29 is 9.21 Å². The van der Waals surface area contributed by atoms with Gasteiger partial charge in [-0.3, -0.25) is 9.89 Å². The molecule has 0 saturated carbocycles. The van der Waals surface area contributed by atoms with Gasteiger partial charge < -0.3 is 20.0 Å². The molecule has 0 aromatic carbocycles. The number of hydrogen-bond donors (Lipinski definition) is 3. The molecule has 2 heterocycles. The lowest BCUT2D eigenvalue weighted by atomic mass is 10.3. The van der Waals surface area contributed by atoms with E-state index < -0.39 is 0 Å². The average molecular weight is 361 g/mol. The van der Waals surface area contributed by atoms with Crippen LogP contribution in [0.3, 0.4) is 0 Å². The Kier molecular flexibility index (Phi) is 7.66. The SMILES string of the molecule is CCNC(=NCc1nc(-c2ccco2)n[nH]1)NCCC(=O)N(CC)CC. The molecule has 26 heavy (non-hydrogen) atoms. The third kappa shape index (κ3) is 5.61. The van der Waals surface area contributed by atoms with Gasteiger partial charge in [0.15, 0.2) is 11.7 Å². The van der Waals surface area contributed by atoms with Gasteiger partial charge in [-0.15, -0.1) is 5.10 Å². The van der Waals surface area contributed by atoms with E-state index in [2.05, 4.69) is 30.8 Å². The third-order valence-corrected chi connectivity index (χ3v) is 3.75. The Morgan fingerprint density at radius 2 is 2.12 bits per heavy atom. The summed E-state index contributed by atoms with van der Waals surface area (Å²) in [6.07, 6.45) is 2.01. The largest absolute Gasteiger partial charge is 0.461 e. The number of hydrogen-bond acceptors (Lipinski definition) is 5. The number of guanidine groups is 1. The number of furan rings is 1. The van der Waals surface area contributed by atoms with Crippen molar-refractivity contribution >= 4 is 11.9 Å². The Morgan fingerprint density at radius 3 is 2.77 bits per heavy atom. The lowest BCUT2D eigenvalue weighted by molar-refractivity contribution is -0.130. The quantitative estimate of drug-likeness (QED) is 0.459. The fourth-order valence-corrected chi connectivity index (χ4v) is 2.40. The number of carbonyl (C=O) groups is 1. The zero-order valence-corrected chi connectivity index (χ0v) is 15.6. The molecule has 9 heteroatoms. The van der Waals surface area contributed by atoms with Crippen molar-refractivity contribution in [3.05, 3.63) is 24.2 Å². The summed E-state index contributed by atoms with van der Waals surface area (Å²) in [6.45, 7) is 9.00. The second-order valence-corrected chi connectivity index (χ2v) is 5.52. The summed E-state index contributed by atoms with van der Waals surface area (Å²) >= 11 is 0. The molecule has 0 saturated heterocycles. The van der Waals surface area contributed by atoms with Gasteiger partial charge in [-0.2, -0.15) is 0 Å². The minimum Gasteiger partial charge on any atom is -0.461 e. The van der Waals surface area contributed by atoms with Crippen molar-refractivity contribution in [1.82, 2.24) is 30.7 Å². The maximum absolute atomic E-state index is 12.0. The number of nitrogens with one attached hydrogen (secondary N) is 3. The summed E-state index contributed by atoms with van der Waals surface area (Å²) in [5, 5.41) is 13.3. The average Bonchev–Trinajstić information content (AvgIpc) is 3.32. The first-order valence-electron chi connectivity index (χ1n) is 8.93. The van der Waals surface area contributed by atoms with Crippen molar-refractivity contribution in [3.8, 4) is 11.6 Å². The number of carbonyl (C=O) groups excluding carboxylic acids is 1. The van der Waals surface area contributed by atoms with Crippen LogP contribution in [0.1, 0.15) is 33.0 Å². The molecule has 0 aliphatic heterocycles. The van der Waals surface area contributed by atoms with Crippen LogP contribution in [-0.4, -0.2) is 58.1 Å². The molecule has 0 spiro atoms. The predicted molar refractivity (Wildman–Crippen MR) is 99.4 cm³/mol. The Bertz CT molecular complexity index is 690. The zero-order chi connectivity index (χ0) is 18.8. The lowest BCUT2D eigenvalue weighted by Crippen LogP contribution is -2.40. The smallest absolute Gasteiger partial charge is 0.224 e. The number of amides is 1. The van der Waals surface area contributed by atoms with Gasteiger partial charge in [0.1, 0.15) is 12.4 Å². The van der Waals surface area contributed by atoms with E-state index in [-0.39, 0.29) is 5.91 Å². The molecule has 2 aromatic rings. The lowest BCUT2D eigenvalue weighted by Gasteiger charge is -2.19. The molecule has 0 fully saturated rings. The highest BCUT2D eigenvalue weighted by Crippen LogP contribution is 2.14. The van der Waals surface area contributed by atoms with Crippen LogP contribution in [0.25, 0.3) is 11.6 Å². The van der Waals surface area contributed by atoms with Crippen molar-refractivity contribution in [1.29, 1.82) is 0 Å². The molecule has 0 aliphatic carbocycles. The maximum atomic E-state index is 12.0. The van der Waals surface area contributed by atoms with Crippen LogP contribution in [0.15, 0.2) is 27.8 Å². The fourth-order valence-electron chi connectivity index (χ4n) is 2.40. The van der Waals surface area contributed by atoms with Crippen LogP contribution in [0.2, 0.25) is 0 Å². The summed E-state index contributed by atoms with van der Waals surface area (Å²) in [6, 6.07) is 3.59. The predicted octanol–water partition coefficient (Wildman–Crippen LogP) is 1.38. The number of aliphatic imine (C=N–C) groups is 1. The summed E-state index contributed by atoms with van der Waals surface area (Å²) in [7, 11) is 0. The maximum Gasteiger partial charge on any atom is 0.224 e. The molecule has 2 aromatic heterocycles. The fraction of sp³-hybridized carbons (Fsp3) is 0.529. The molecule has 0 radical (unpaired) electrons. The van der Waals surface area contributed by atoms with E-state index in [1.54, 1.807) is 18.4 Å². The summed E-state index contributed by atoms with van der Waals surface area (Å²) in [5.41, 5.74) is 0. The van der Waals surface area contributed by atoms with Gasteiger partial charge in [0.25, 0.3) is 0 Å². The van der Waals surface area contributed by atoms with E-state index in [1.807, 2.05) is 25.7 Å². The molecular weight excluding hydrogens is 334 g/mol. The van der Waals surface area contributed by atoms with Crippen LogP contribution in [0, 0.1) is 0 Å². The number of nitrogens with zero attached hydrogens (tertiary/aromatic N) is 4. The van der Waals surface area contributed by atoms with Gasteiger partial charge in [-0.1, -0.05) is 0 Å². The number of aromatic amines is 1. The first-order chi connectivity index (χ1) is 12.7. The first-order valence-corrected chi connectivity index (χ1v) is 8.93. The van der Waals surface area contributed by atoms with Crippen molar-refractivity contribution in [2.24, 2.45) is 4.99 Å². The molecule has 1 amide bonds. The summed E-state index contributed by atoms with van der Waals surface area (Å²) < 4.78 is 5.27. The van der Waals surface area contributed by atoms with Gasteiger partial charge >= 0.3 is 0 Å². The molecule has 9 nitrogen and oxygen atoms in total. The number of aromatic nitrogens is 3. The monoisotopic (exact) mass is 361 g/mol. The van der Waals surface area contributed by atoms with Crippen LogP contribution in [0.4, 0.5) is 0 Å². The molecule has 0 atom stereocenters. The van der Waals surface area contributed by atoms with Crippen LogP contribution in [0.5, 0.6) is 0 Å². The number of rotatable bonds is 9. The van der Waals surface area contributed by atoms with E-state index >= 15 is 0 Å². The van der Waals surface area contributed by atoms with Crippen LogP contribution < -0.4 is 10.6 Å². The van der Waals surface area contributed by atoms with E-state index in [9.17, 15) is 4.79 Å². The van der Waals surface area contributed by atoms with Gasteiger partial charge in [-0.05, 0) is 32.9 Å². The molecule has 0 unspecified atom stereocenters. The van der Waals surface area contributed by atoms with E-state index in [0.717, 1.165) is 19.6 Å². The first kappa shape index (κ1) is 19.5. The normalized spacial score (nSPS) is 11.4. The van der Waals surface area contributed by atoms with Crippen molar-refractivity contribution in [2.45, 2.75) is 33.7 Å². The van der Waals surface area contributed by atoms with Gasteiger partial charge in [0.2, 0.25) is 11.7 Å². The van der Waals surface area contributed by atoms with E-state index in [0.29, 0.717) is 42.9 Å². The Labute approximate surface area is 153 Å². The highest BCUT2D eigenvalue weighted by atomic mass is 16.3. The highest BCUT2D eigenvalue weighted by Gasteiger charge is 2.10. The number of H-pyrrole nitrogens is 1. The molecule has 0 bridgehead atoms. The van der Waals surface area contributed by atoms with Crippen molar-refractivity contribution in [3.63, 3.8) is 0 Å². The second-order valence-electron chi connectivity index (χ2n) is 5.52. The minimum atomic E-state index is 0.136. The molecule has 0 aliphatic rings. The molecule has 2 rings (SSSR count). The highest BCUT2D eigenvalue weighted by molar-refractivity contribution is 5.81. The van der Waals surface area contributed by atoms with Gasteiger partial charge in [0.05, 0.1) is 6.26 Å². The van der Waals surface area contributed by atoms with Crippen LogP contribution >= 0.6 is 0 Å². The summed E-state index contributed by atoms with van der Waals surface area (Å²) in [5.74, 6) is 2.51. The third-order valence-electron chi connectivity index (χ3n) is 3.75. The summed E-state index contributed by atoms with van der Waals surface area (Å²) in [4.78, 5) is 22.7. The Balaban J connectivity index is 1.87. The van der Waals surface area contributed by atoms with E-state index in [1.165, 1.54) is 0 Å². The standard InChI is InChI=1S/C17H27N7O2/c1-4-18-17(19-10-9-15(25)24(5-2)6-3)20-12-14-21-16(23-22-14)13-8-7-11-26-13/h7-8,11H,4-6,9-10,12H2,1-3H3,(H2,18,19,20)(H,21,22,23). The second kappa shape index (κ2) is 10.2.